The summed E-state index contributed by atoms with van der Waals surface area (Å²) in [6.07, 6.45) is 1.72. The number of likely N-dealkylation sites (tertiary alicyclic amines) is 1. The van der Waals surface area contributed by atoms with Gasteiger partial charge >= 0.3 is 5.63 Å². The highest BCUT2D eigenvalue weighted by molar-refractivity contribution is 6.33. The van der Waals surface area contributed by atoms with E-state index < -0.39 is 5.63 Å². The fourth-order valence-electron chi connectivity index (χ4n) is 5.17. The predicted molar refractivity (Wildman–Crippen MR) is 115 cm³/mol. The normalized spacial score (nSPS) is 21.0. The fraction of sp³-hybridized carbons (Fsp3) is 0.391. The quantitative estimate of drug-likeness (QED) is 0.649. The molecular weight excluding hydrogens is 404 g/mol. The molecule has 156 valence electrons. The van der Waals surface area contributed by atoms with Gasteiger partial charge in [-0.2, -0.15) is 0 Å². The van der Waals surface area contributed by atoms with Gasteiger partial charge in [-0.05, 0) is 36.5 Å². The number of pyridine rings is 1. The molecular formula is C23H23ClN2O4. The number of hydrogen-bond acceptors (Lipinski definition) is 5. The molecule has 1 saturated heterocycles. The van der Waals surface area contributed by atoms with E-state index in [9.17, 15) is 14.7 Å². The van der Waals surface area contributed by atoms with E-state index in [1.165, 1.54) is 6.07 Å². The lowest BCUT2D eigenvalue weighted by molar-refractivity contribution is 0.113. The van der Waals surface area contributed by atoms with Crippen molar-refractivity contribution < 1.29 is 9.52 Å². The molecule has 1 N–H and O–H groups in total. The van der Waals surface area contributed by atoms with E-state index in [-0.39, 0.29) is 22.2 Å². The second kappa shape index (κ2) is 7.29. The van der Waals surface area contributed by atoms with Crippen LogP contribution in [-0.4, -0.2) is 27.7 Å². The van der Waals surface area contributed by atoms with Crippen LogP contribution in [0.15, 0.2) is 44.3 Å². The monoisotopic (exact) mass is 426 g/mol. The van der Waals surface area contributed by atoms with Crippen LogP contribution in [0.1, 0.15) is 36.1 Å². The molecule has 2 aromatic heterocycles. The maximum Gasteiger partial charge on any atom is 0.336 e. The zero-order chi connectivity index (χ0) is 21.0. The van der Waals surface area contributed by atoms with Gasteiger partial charge in [0.05, 0.1) is 10.6 Å². The molecule has 3 aromatic rings. The second-order valence-corrected chi connectivity index (χ2v) is 8.81. The van der Waals surface area contributed by atoms with Crippen molar-refractivity contribution >= 4 is 22.6 Å². The van der Waals surface area contributed by atoms with Gasteiger partial charge in [0, 0.05) is 55.3 Å². The minimum Gasteiger partial charge on any atom is -0.506 e. The highest BCUT2D eigenvalue weighted by Crippen LogP contribution is 2.39. The molecule has 4 heterocycles. The molecule has 2 aliphatic rings. The number of benzene rings is 1. The van der Waals surface area contributed by atoms with Crippen molar-refractivity contribution in [3.05, 3.63) is 72.9 Å². The van der Waals surface area contributed by atoms with Crippen LogP contribution < -0.4 is 11.2 Å². The van der Waals surface area contributed by atoms with E-state index in [0.717, 1.165) is 36.2 Å². The lowest BCUT2D eigenvalue weighted by Crippen LogP contribution is -2.46. The number of nitrogens with zero attached hydrogens (tertiary/aromatic N) is 2. The number of hydrogen-bond donors (Lipinski definition) is 1. The Morgan fingerprint density at radius 2 is 2.03 bits per heavy atom. The summed E-state index contributed by atoms with van der Waals surface area (Å²) >= 11 is 6.33. The van der Waals surface area contributed by atoms with Gasteiger partial charge in [0.15, 0.2) is 0 Å². The average molecular weight is 427 g/mol. The van der Waals surface area contributed by atoms with E-state index in [4.69, 9.17) is 16.0 Å². The van der Waals surface area contributed by atoms with E-state index in [2.05, 4.69) is 4.90 Å². The molecule has 7 heteroatoms. The summed E-state index contributed by atoms with van der Waals surface area (Å²) in [7, 11) is 0. The Balaban J connectivity index is 1.54. The molecule has 2 bridgehead atoms. The summed E-state index contributed by atoms with van der Waals surface area (Å²) in [4.78, 5) is 26.6. The van der Waals surface area contributed by atoms with Crippen molar-refractivity contribution in [2.45, 2.75) is 38.8 Å². The summed E-state index contributed by atoms with van der Waals surface area (Å²) in [5.41, 5.74) is 2.52. The minimum atomic E-state index is -0.425. The molecule has 0 aliphatic carbocycles. The molecule has 1 aromatic carbocycles. The third kappa shape index (κ3) is 3.15. The molecule has 0 amide bonds. The van der Waals surface area contributed by atoms with Crippen molar-refractivity contribution in [1.29, 1.82) is 0 Å². The number of rotatable bonds is 3. The maximum absolute atomic E-state index is 12.2. The van der Waals surface area contributed by atoms with Gasteiger partial charge in [0.25, 0.3) is 5.56 Å². The number of fused-ring (bicyclic) bond motifs is 5. The third-order valence-corrected chi connectivity index (χ3v) is 6.75. The summed E-state index contributed by atoms with van der Waals surface area (Å²) in [6, 6.07) is 8.63. The summed E-state index contributed by atoms with van der Waals surface area (Å²) in [5.74, 6) is 0.590. The Hall–Kier alpha value is -2.57. The summed E-state index contributed by atoms with van der Waals surface area (Å²) in [6.45, 7) is 4.69. The predicted octanol–water partition coefficient (Wildman–Crippen LogP) is 3.50. The van der Waals surface area contributed by atoms with Crippen molar-refractivity contribution in [2.24, 2.45) is 5.92 Å². The van der Waals surface area contributed by atoms with Crippen LogP contribution in [0.25, 0.3) is 11.0 Å². The SMILES string of the molecule is CCc1cc(=O)oc2c(CN3CC4CC(C3)c3cccc(=O)n3C4)c(O)c(Cl)cc12. The first-order valence-corrected chi connectivity index (χ1v) is 10.7. The van der Waals surface area contributed by atoms with Gasteiger partial charge in [-0.15, -0.1) is 0 Å². The smallest absolute Gasteiger partial charge is 0.336 e. The molecule has 5 rings (SSSR count). The largest absolute Gasteiger partial charge is 0.506 e. The van der Waals surface area contributed by atoms with Gasteiger partial charge in [0.1, 0.15) is 11.3 Å². The molecule has 2 atom stereocenters. The highest BCUT2D eigenvalue weighted by Gasteiger charge is 2.35. The molecule has 0 spiro atoms. The van der Waals surface area contributed by atoms with Gasteiger partial charge in [-0.25, -0.2) is 4.79 Å². The lowest BCUT2D eigenvalue weighted by Gasteiger charge is -2.42. The molecule has 6 nitrogen and oxygen atoms in total. The van der Waals surface area contributed by atoms with Crippen LogP contribution >= 0.6 is 11.6 Å². The Morgan fingerprint density at radius 1 is 1.20 bits per heavy atom. The number of piperidine rings is 1. The van der Waals surface area contributed by atoms with Crippen molar-refractivity contribution in [2.75, 3.05) is 13.1 Å². The topological polar surface area (TPSA) is 75.7 Å². The fourth-order valence-corrected chi connectivity index (χ4v) is 5.39. The number of aromatic hydroxyl groups is 1. The van der Waals surface area contributed by atoms with E-state index in [0.29, 0.717) is 36.6 Å². The molecule has 0 radical (unpaired) electrons. The first-order chi connectivity index (χ1) is 14.4. The van der Waals surface area contributed by atoms with Crippen LogP contribution in [0.2, 0.25) is 5.02 Å². The summed E-state index contributed by atoms with van der Waals surface area (Å²) < 4.78 is 7.43. The number of phenolic OH excluding ortho intramolecular Hbond substituents is 1. The Morgan fingerprint density at radius 3 is 2.83 bits per heavy atom. The number of phenols is 1. The van der Waals surface area contributed by atoms with Crippen molar-refractivity contribution in [1.82, 2.24) is 9.47 Å². The van der Waals surface area contributed by atoms with Gasteiger partial charge in [0.2, 0.25) is 0 Å². The van der Waals surface area contributed by atoms with Crippen LogP contribution in [0.4, 0.5) is 0 Å². The minimum absolute atomic E-state index is 0.0343. The lowest BCUT2D eigenvalue weighted by atomic mass is 9.83. The zero-order valence-corrected chi connectivity index (χ0v) is 17.5. The molecule has 2 unspecified atom stereocenters. The molecule has 30 heavy (non-hydrogen) atoms. The van der Waals surface area contributed by atoms with Gasteiger partial charge in [-0.1, -0.05) is 24.6 Å². The van der Waals surface area contributed by atoms with Gasteiger partial charge in [-0.3, -0.25) is 9.69 Å². The first-order valence-electron chi connectivity index (χ1n) is 10.3. The van der Waals surface area contributed by atoms with E-state index in [1.807, 2.05) is 23.6 Å². The van der Waals surface area contributed by atoms with E-state index in [1.54, 1.807) is 12.1 Å². The van der Waals surface area contributed by atoms with Crippen molar-refractivity contribution in [3.63, 3.8) is 0 Å². The second-order valence-electron chi connectivity index (χ2n) is 8.40. The van der Waals surface area contributed by atoms with E-state index >= 15 is 0 Å². The Kier molecular flexibility index (Phi) is 4.71. The van der Waals surface area contributed by atoms with Crippen LogP contribution in [0, 0.1) is 5.92 Å². The molecule has 1 fully saturated rings. The average Bonchev–Trinajstić information content (AvgIpc) is 2.72. The highest BCUT2D eigenvalue weighted by atomic mass is 35.5. The number of aryl methyl sites for hydroxylation is 1. The number of aromatic nitrogens is 1. The van der Waals surface area contributed by atoms with Crippen LogP contribution in [-0.2, 0) is 19.5 Å². The third-order valence-electron chi connectivity index (χ3n) is 6.46. The molecule has 0 saturated carbocycles. The maximum atomic E-state index is 12.2. The Bertz CT molecular complexity index is 1260. The van der Waals surface area contributed by atoms with Crippen LogP contribution in [0.5, 0.6) is 5.75 Å². The summed E-state index contributed by atoms with van der Waals surface area (Å²) in [5, 5.41) is 11.7. The van der Waals surface area contributed by atoms with Crippen molar-refractivity contribution in [3.8, 4) is 5.75 Å². The van der Waals surface area contributed by atoms with Gasteiger partial charge < -0.3 is 14.1 Å². The standard InChI is InChI=1S/C23H23ClN2O4/c1-2-14-7-21(28)30-23-16(14)8-18(24)22(29)17(23)12-25-9-13-6-15(11-25)19-4-3-5-20(27)26(19)10-13/h3-5,7-8,13,15,29H,2,6,9-12H2,1H3. The van der Waals surface area contributed by atoms with Crippen LogP contribution in [0.3, 0.4) is 0 Å². The molecule has 2 aliphatic heterocycles. The zero-order valence-electron chi connectivity index (χ0n) is 16.7. The number of halogens is 1. The first kappa shape index (κ1) is 19.4. The Labute approximate surface area is 178 Å².